The lowest BCUT2D eigenvalue weighted by Crippen LogP contribution is -2.08. The molecule has 0 saturated carbocycles. The smallest absolute Gasteiger partial charge is 0.281 e. The molecule has 1 N–H and O–H groups in total. The van der Waals surface area contributed by atoms with Crippen molar-refractivity contribution in [3.63, 3.8) is 0 Å². The van der Waals surface area contributed by atoms with E-state index in [-0.39, 0.29) is 16.4 Å². The number of rotatable bonds is 1. The van der Waals surface area contributed by atoms with Crippen molar-refractivity contribution < 1.29 is 13.2 Å². The Morgan fingerprint density at radius 2 is 2.00 bits per heavy atom. The number of H-pyrrole nitrogens is 1. The number of nitrogens with one attached hydrogen (secondary N) is 1. The summed E-state index contributed by atoms with van der Waals surface area (Å²) < 4.78 is 37.4. The molecule has 0 aromatic carbocycles. The molecule has 0 bridgehead atoms. The highest BCUT2D eigenvalue weighted by atomic mass is 35.5. The summed E-state index contributed by atoms with van der Waals surface area (Å²) in [4.78, 5) is 3.50. The Hall–Kier alpha value is -1.56. The first-order valence-electron chi connectivity index (χ1n) is 4.64. The van der Waals surface area contributed by atoms with E-state index in [1.54, 1.807) is 6.92 Å². The number of aryl methyl sites for hydroxylation is 1. The lowest BCUT2D eigenvalue weighted by atomic mass is 10.2. The Kier molecular flexibility index (Phi) is 2.82. The summed E-state index contributed by atoms with van der Waals surface area (Å²) >= 11 is 5.89. The largest absolute Gasteiger partial charge is 0.433 e. The molecule has 2 aromatic heterocycles. The molecule has 0 radical (unpaired) electrons. The van der Waals surface area contributed by atoms with Crippen LogP contribution < -0.4 is 0 Å². The minimum atomic E-state index is -4.48. The van der Waals surface area contributed by atoms with Crippen LogP contribution >= 0.6 is 11.6 Å². The fourth-order valence-electron chi connectivity index (χ4n) is 1.31. The lowest BCUT2D eigenvalue weighted by molar-refractivity contribution is -0.141. The van der Waals surface area contributed by atoms with Crippen molar-refractivity contribution in [3.8, 4) is 11.4 Å². The molecular formula is C10H7ClF3N3. The zero-order valence-electron chi connectivity index (χ0n) is 8.64. The van der Waals surface area contributed by atoms with Gasteiger partial charge in [0.2, 0.25) is 0 Å². The summed E-state index contributed by atoms with van der Waals surface area (Å²) in [6.45, 7) is 1.67. The average molecular weight is 262 g/mol. The van der Waals surface area contributed by atoms with Crippen LogP contribution in [-0.2, 0) is 6.18 Å². The Labute approximate surface area is 99.6 Å². The van der Waals surface area contributed by atoms with Crippen LogP contribution in [0.3, 0.4) is 0 Å². The number of aromatic nitrogens is 3. The van der Waals surface area contributed by atoms with Gasteiger partial charge in [-0.3, -0.25) is 5.10 Å². The van der Waals surface area contributed by atoms with E-state index < -0.39 is 11.9 Å². The number of halogens is 4. The van der Waals surface area contributed by atoms with E-state index in [1.165, 1.54) is 12.1 Å². The summed E-state index contributed by atoms with van der Waals surface area (Å²) in [6, 6.07) is 3.60. The zero-order valence-corrected chi connectivity index (χ0v) is 9.39. The molecule has 0 amide bonds. The highest BCUT2D eigenvalue weighted by Crippen LogP contribution is 2.31. The normalized spacial score (nSPS) is 11.8. The molecule has 17 heavy (non-hydrogen) atoms. The van der Waals surface area contributed by atoms with Crippen molar-refractivity contribution >= 4 is 11.6 Å². The van der Waals surface area contributed by atoms with Gasteiger partial charge in [-0.25, -0.2) is 4.98 Å². The number of nitrogens with zero attached hydrogens (tertiary/aromatic N) is 2. The predicted octanol–water partition coefficient (Wildman–Crippen LogP) is 3.45. The standard InChI is InChI=1S/C10H7ClF3N3/c1-5-8(11)9(17-16-5)6-3-2-4-7(15-6)10(12,13)14/h2-4H,1H3,(H,16,17). The minimum Gasteiger partial charge on any atom is -0.281 e. The maximum absolute atomic E-state index is 12.5. The number of hydrogen-bond donors (Lipinski definition) is 1. The van der Waals surface area contributed by atoms with E-state index in [2.05, 4.69) is 15.2 Å². The molecule has 2 rings (SSSR count). The quantitative estimate of drug-likeness (QED) is 0.854. The van der Waals surface area contributed by atoms with Gasteiger partial charge in [-0.05, 0) is 19.1 Å². The van der Waals surface area contributed by atoms with E-state index in [0.717, 1.165) is 6.07 Å². The molecule has 7 heteroatoms. The maximum atomic E-state index is 12.5. The van der Waals surface area contributed by atoms with Gasteiger partial charge in [0.05, 0.1) is 16.4 Å². The van der Waals surface area contributed by atoms with Gasteiger partial charge >= 0.3 is 6.18 Å². The van der Waals surface area contributed by atoms with Crippen LogP contribution in [-0.4, -0.2) is 15.2 Å². The van der Waals surface area contributed by atoms with Crippen molar-refractivity contribution in [1.29, 1.82) is 0 Å². The van der Waals surface area contributed by atoms with E-state index in [9.17, 15) is 13.2 Å². The third-order valence-corrected chi connectivity index (χ3v) is 2.62. The second-order valence-electron chi connectivity index (χ2n) is 3.42. The van der Waals surface area contributed by atoms with Crippen LogP contribution in [0.15, 0.2) is 18.2 Å². The summed E-state index contributed by atoms with van der Waals surface area (Å²) in [6.07, 6.45) is -4.48. The summed E-state index contributed by atoms with van der Waals surface area (Å²) in [5.41, 5.74) is -0.0722. The molecule has 0 saturated heterocycles. The molecule has 0 unspecified atom stereocenters. The SMILES string of the molecule is Cc1[nH]nc(-c2cccc(C(F)(F)F)n2)c1Cl. The minimum absolute atomic E-state index is 0.0918. The van der Waals surface area contributed by atoms with E-state index in [4.69, 9.17) is 11.6 Å². The number of hydrogen-bond acceptors (Lipinski definition) is 2. The lowest BCUT2D eigenvalue weighted by Gasteiger charge is -2.06. The molecule has 0 atom stereocenters. The van der Waals surface area contributed by atoms with Crippen molar-refractivity contribution in [2.24, 2.45) is 0 Å². The average Bonchev–Trinajstić information content (AvgIpc) is 2.59. The third kappa shape index (κ3) is 2.26. The fraction of sp³-hybridized carbons (Fsp3) is 0.200. The van der Waals surface area contributed by atoms with Gasteiger partial charge in [0.1, 0.15) is 11.4 Å². The Morgan fingerprint density at radius 1 is 1.29 bits per heavy atom. The molecule has 2 heterocycles. The number of aromatic amines is 1. The monoisotopic (exact) mass is 261 g/mol. The molecule has 0 aliphatic heterocycles. The van der Waals surface area contributed by atoms with Crippen LogP contribution in [0.25, 0.3) is 11.4 Å². The van der Waals surface area contributed by atoms with Gasteiger partial charge in [0, 0.05) is 0 Å². The third-order valence-electron chi connectivity index (χ3n) is 2.15. The van der Waals surface area contributed by atoms with Crippen molar-refractivity contribution in [3.05, 3.63) is 34.6 Å². The zero-order chi connectivity index (χ0) is 12.6. The van der Waals surface area contributed by atoms with Crippen LogP contribution in [0.5, 0.6) is 0 Å². The first-order chi connectivity index (χ1) is 7.89. The van der Waals surface area contributed by atoms with Crippen LogP contribution in [0.1, 0.15) is 11.4 Å². The van der Waals surface area contributed by atoms with Gasteiger partial charge in [-0.2, -0.15) is 18.3 Å². The van der Waals surface area contributed by atoms with E-state index in [1.807, 2.05) is 0 Å². The first-order valence-corrected chi connectivity index (χ1v) is 5.02. The van der Waals surface area contributed by atoms with Gasteiger partial charge in [-0.15, -0.1) is 0 Å². The second kappa shape index (κ2) is 4.03. The van der Waals surface area contributed by atoms with Crippen LogP contribution in [0.4, 0.5) is 13.2 Å². The molecule has 0 spiro atoms. The van der Waals surface area contributed by atoms with Crippen molar-refractivity contribution in [1.82, 2.24) is 15.2 Å². The van der Waals surface area contributed by atoms with Gasteiger partial charge in [-0.1, -0.05) is 17.7 Å². The summed E-state index contributed by atoms with van der Waals surface area (Å²) in [5, 5.41) is 6.69. The highest BCUT2D eigenvalue weighted by Gasteiger charge is 2.32. The molecular weight excluding hydrogens is 255 g/mol. The summed E-state index contributed by atoms with van der Waals surface area (Å²) in [5.74, 6) is 0. The highest BCUT2D eigenvalue weighted by molar-refractivity contribution is 6.33. The van der Waals surface area contributed by atoms with Gasteiger partial charge in [0.15, 0.2) is 0 Å². The molecule has 90 valence electrons. The molecule has 0 fully saturated rings. The van der Waals surface area contributed by atoms with Crippen molar-refractivity contribution in [2.45, 2.75) is 13.1 Å². The van der Waals surface area contributed by atoms with E-state index >= 15 is 0 Å². The molecule has 3 nitrogen and oxygen atoms in total. The van der Waals surface area contributed by atoms with Gasteiger partial charge in [0.25, 0.3) is 0 Å². The Morgan fingerprint density at radius 3 is 2.53 bits per heavy atom. The van der Waals surface area contributed by atoms with Crippen molar-refractivity contribution in [2.75, 3.05) is 0 Å². The molecule has 2 aromatic rings. The molecule has 0 aliphatic carbocycles. The van der Waals surface area contributed by atoms with Crippen LogP contribution in [0.2, 0.25) is 5.02 Å². The number of pyridine rings is 1. The summed E-state index contributed by atoms with van der Waals surface area (Å²) in [7, 11) is 0. The Balaban J connectivity index is 2.51. The van der Waals surface area contributed by atoms with Crippen LogP contribution in [0, 0.1) is 6.92 Å². The Bertz CT molecular complexity index is 548. The molecule has 0 aliphatic rings. The predicted molar refractivity (Wildman–Crippen MR) is 56.6 cm³/mol. The second-order valence-corrected chi connectivity index (χ2v) is 3.79. The van der Waals surface area contributed by atoms with Gasteiger partial charge < -0.3 is 0 Å². The maximum Gasteiger partial charge on any atom is 0.433 e. The topological polar surface area (TPSA) is 41.6 Å². The fourth-order valence-corrected chi connectivity index (χ4v) is 1.49. The number of alkyl halides is 3. The first kappa shape index (κ1) is 11.9. The van der Waals surface area contributed by atoms with E-state index in [0.29, 0.717) is 5.69 Å².